The predicted octanol–water partition coefficient (Wildman–Crippen LogP) is 6.01. The van der Waals surface area contributed by atoms with Crippen LogP contribution < -0.4 is 24.4 Å². The normalized spacial score (nSPS) is 15.7. The molecule has 3 aromatic carbocycles. The van der Waals surface area contributed by atoms with E-state index in [1.807, 2.05) is 49.4 Å². The van der Waals surface area contributed by atoms with Crippen LogP contribution in [0.25, 0.3) is 11.0 Å². The summed E-state index contributed by atoms with van der Waals surface area (Å²) >= 11 is 0. The average molecular weight is 542 g/mol. The fourth-order valence-corrected chi connectivity index (χ4v) is 5.26. The van der Waals surface area contributed by atoms with Gasteiger partial charge >= 0.3 is 0 Å². The van der Waals surface area contributed by atoms with Gasteiger partial charge < -0.3 is 28.3 Å². The maximum Gasteiger partial charge on any atom is 0.291 e. The molecular weight excluding hydrogens is 510 g/mol. The van der Waals surface area contributed by atoms with Gasteiger partial charge in [-0.3, -0.25) is 9.59 Å². The first-order valence-corrected chi connectivity index (χ1v) is 13.4. The molecule has 0 bridgehead atoms. The average Bonchev–Trinajstić information content (AvgIpc) is 3.52. The molecule has 2 aliphatic rings. The van der Waals surface area contributed by atoms with Gasteiger partial charge in [-0.15, -0.1) is 0 Å². The van der Waals surface area contributed by atoms with Gasteiger partial charge in [-0.2, -0.15) is 0 Å². The van der Waals surface area contributed by atoms with E-state index in [-0.39, 0.29) is 30.4 Å². The minimum Gasteiger partial charge on any atom is -0.493 e. The first kappa shape index (κ1) is 25.8. The Bertz CT molecular complexity index is 1670. The van der Waals surface area contributed by atoms with Crippen LogP contribution in [0, 0.1) is 12.8 Å². The van der Waals surface area contributed by atoms with E-state index < -0.39 is 6.04 Å². The smallest absolute Gasteiger partial charge is 0.291 e. The number of hydrogen-bond acceptors (Lipinski definition) is 7. The third-order valence-corrected chi connectivity index (χ3v) is 7.37. The lowest BCUT2D eigenvalue weighted by molar-refractivity contribution is 0.0714. The summed E-state index contributed by atoms with van der Waals surface area (Å²) in [6.45, 7) is 7.15. The Kier molecular flexibility index (Phi) is 6.62. The van der Waals surface area contributed by atoms with Crippen LogP contribution in [0.15, 0.2) is 63.8 Å². The number of fused-ring (bicyclic) bond motifs is 3. The second kappa shape index (κ2) is 10.3. The lowest BCUT2D eigenvalue weighted by Gasteiger charge is -2.26. The molecule has 8 nitrogen and oxygen atoms in total. The van der Waals surface area contributed by atoms with Crippen molar-refractivity contribution in [3.63, 3.8) is 0 Å². The Morgan fingerprint density at radius 3 is 2.60 bits per heavy atom. The van der Waals surface area contributed by atoms with Crippen LogP contribution in [0.4, 0.5) is 0 Å². The van der Waals surface area contributed by atoms with Crippen molar-refractivity contribution in [3.8, 4) is 23.0 Å². The zero-order chi connectivity index (χ0) is 28.0. The highest BCUT2D eigenvalue weighted by Crippen LogP contribution is 2.42. The topological polar surface area (TPSA) is 87.4 Å². The third-order valence-electron chi connectivity index (χ3n) is 7.37. The third kappa shape index (κ3) is 4.53. The number of hydrogen-bond donors (Lipinski definition) is 0. The number of nitrogens with zero attached hydrogens (tertiary/aromatic N) is 1. The van der Waals surface area contributed by atoms with Crippen molar-refractivity contribution in [2.75, 3.05) is 20.5 Å². The molecule has 0 radical (unpaired) electrons. The zero-order valence-electron chi connectivity index (χ0n) is 23.0. The highest BCUT2D eigenvalue weighted by atomic mass is 16.7. The van der Waals surface area contributed by atoms with E-state index in [0.717, 1.165) is 23.1 Å². The fraction of sp³-hybridized carbons (Fsp3) is 0.312. The van der Waals surface area contributed by atoms with E-state index in [9.17, 15) is 9.59 Å². The van der Waals surface area contributed by atoms with Crippen LogP contribution in [0.3, 0.4) is 0 Å². The Labute approximate surface area is 232 Å². The van der Waals surface area contributed by atoms with Crippen molar-refractivity contribution in [3.05, 3.63) is 92.8 Å². The van der Waals surface area contributed by atoms with E-state index in [4.69, 9.17) is 23.4 Å². The van der Waals surface area contributed by atoms with Crippen LogP contribution >= 0.6 is 0 Å². The molecule has 1 aromatic heterocycles. The molecule has 6 rings (SSSR count). The molecule has 0 aliphatic carbocycles. The highest BCUT2D eigenvalue weighted by molar-refractivity contribution is 5.99. The Hall–Kier alpha value is -4.46. The van der Waals surface area contributed by atoms with Gasteiger partial charge in [0.25, 0.3) is 5.91 Å². The van der Waals surface area contributed by atoms with Crippen molar-refractivity contribution >= 4 is 16.9 Å². The molecule has 0 fully saturated rings. The number of rotatable bonds is 8. The second-order valence-electron chi connectivity index (χ2n) is 10.6. The largest absolute Gasteiger partial charge is 0.493 e. The first-order valence-electron chi connectivity index (χ1n) is 13.4. The lowest BCUT2D eigenvalue weighted by Crippen LogP contribution is -2.29. The Morgan fingerprint density at radius 1 is 0.975 bits per heavy atom. The van der Waals surface area contributed by atoms with Gasteiger partial charge in [0.05, 0.1) is 30.7 Å². The number of amides is 1. The van der Waals surface area contributed by atoms with E-state index >= 15 is 0 Å². The number of benzene rings is 3. The molecule has 0 unspecified atom stereocenters. The number of carbonyl (C=O) groups excluding carboxylic acids is 1. The molecule has 2 aliphatic heterocycles. The van der Waals surface area contributed by atoms with Crippen molar-refractivity contribution in [1.82, 2.24) is 4.90 Å². The van der Waals surface area contributed by atoms with Gasteiger partial charge in [-0.1, -0.05) is 37.6 Å². The minimum absolute atomic E-state index is 0.0586. The van der Waals surface area contributed by atoms with Crippen LogP contribution in [0.5, 0.6) is 23.0 Å². The zero-order valence-corrected chi connectivity index (χ0v) is 23.0. The van der Waals surface area contributed by atoms with Crippen LogP contribution in [0.1, 0.15) is 59.1 Å². The lowest BCUT2D eigenvalue weighted by atomic mass is 9.97. The summed E-state index contributed by atoms with van der Waals surface area (Å²) in [7, 11) is 1.58. The highest BCUT2D eigenvalue weighted by Gasteiger charge is 2.43. The van der Waals surface area contributed by atoms with Gasteiger partial charge in [0, 0.05) is 6.54 Å². The summed E-state index contributed by atoms with van der Waals surface area (Å²) in [6, 6.07) is 15.8. The van der Waals surface area contributed by atoms with E-state index in [0.29, 0.717) is 52.1 Å². The molecule has 206 valence electrons. The molecule has 40 heavy (non-hydrogen) atoms. The van der Waals surface area contributed by atoms with E-state index in [1.165, 1.54) is 0 Å². The van der Waals surface area contributed by atoms with Gasteiger partial charge in [0.1, 0.15) is 5.58 Å². The molecule has 1 atom stereocenters. The van der Waals surface area contributed by atoms with Gasteiger partial charge in [0.15, 0.2) is 28.4 Å². The van der Waals surface area contributed by atoms with Crippen molar-refractivity contribution in [2.24, 2.45) is 5.92 Å². The SMILES string of the molecule is COc1cc([C@H]2c3c(oc4ccc(C)cc4c3=O)C(=O)N2Cc2ccc3c(c2)OCO3)ccc1OCCC(C)C. The number of carbonyl (C=O) groups is 1. The summed E-state index contributed by atoms with van der Waals surface area (Å²) in [5.41, 5.74) is 2.98. The van der Waals surface area contributed by atoms with Gasteiger partial charge in [0.2, 0.25) is 12.6 Å². The molecule has 0 saturated heterocycles. The molecule has 3 heterocycles. The van der Waals surface area contributed by atoms with Crippen LogP contribution in [-0.4, -0.2) is 31.3 Å². The standard InChI is InChI=1S/C32H31NO7/c1-18(2)11-12-37-24-10-7-21(15-26(24)36-4)29-28-30(34)22-13-19(3)5-8-23(22)40-31(28)32(35)33(29)16-20-6-9-25-27(14-20)39-17-38-25/h5-10,13-15,18,29H,11-12,16-17H2,1-4H3/t29-/m0/s1. The summed E-state index contributed by atoms with van der Waals surface area (Å²) < 4.78 is 28.8. The molecule has 4 aromatic rings. The number of aryl methyl sites for hydroxylation is 1. The monoisotopic (exact) mass is 541 g/mol. The van der Waals surface area contributed by atoms with Crippen LogP contribution in [-0.2, 0) is 6.54 Å². The first-order chi connectivity index (χ1) is 19.3. The van der Waals surface area contributed by atoms with Crippen LogP contribution in [0.2, 0.25) is 0 Å². The number of ether oxygens (including phenoxy) is 4. The summed E-state index contributed by atoms with van der Waals surface area (Å²) in [5, 5.41) is 0.446. The Balaban J connectivity index is 1.46. The van der Waals surface area contributed by atoms with Crippen molar-refractivity contribution in [1.29, 1.82) is 0 Å². The van der Waals surface area contributed by atoms with Crippen molar-refractivity contribution < 1.29 is 28.2 Å². The molecular formula is C32H31NO7. The molecule has 8 heteroatoms. The predicted molar refractivity (Wildman–Crippen MR) is 149 cm³/mol. The molecule has 0 spiro atoms. The maximum absolute atomic E-state index is 13.9. The maximum atomic E-state index is 13.9. The fourth-order valence-electron chi connectivity index (χ4n) is 5.26. The summed E-state index contributed by atoms with van der Waals surface area (Å²) in [4.78, 5) is 29.5. The van der Waals surface area contributed by atoms with Gasteiger partial charge in [-0.25, -0.2) is 0 Å². The molecule has 0 N–H and O–H groups in total. The minimum atomic E-state index is -0.687. The summed E-state index contributed by atoms with van der Waals surface area (Å²) in [6.07, 6.45) is 0.909. The van der Waals surface area contributed by atoms with Crippen molar-refractivity contribution in [2.45, 2.75) is 39.8 Å². The van der Waals surface area contributed by atoms with E-state index in [1.54, 1.807) is 24.1 Å². The molecule has 1 amide bonds. The Morgan fingerprint density at radius 2 is 1.80 bits per heavy atom. The number of methoxy groups -OCH3 is 1. The summed E-state index contributed by atoms with van der Waals surface area (Å²) in [5.74, 6) is 2.64. The van der Waals surface area contributed by atoms with E-state index in [2.05, 4.69) is 13.8 Å². The van der Waals surface area contributed by atoms with Gasteiger partial charge in [-0.05, 0) is 66.8 Å². The second-order valence-corrected chi connectivity index (χ2v) is 10.6. The molecule has 0 saturated carbocycles. The quantitative estimate of drug-likeness (QED) is 0.270.